The SMILES string of the molecule is CSc1ccc(NC(=O)N[C@H](C)Cn2cncn2)cc1Cl. The van der Waals surface area contributed by atoms with Gasteiger partial charge in [0.2, 0.25) is 0 Å². The molecule has 0 unspecified atom stereocenters. The predicted octanol–water partition coefficient (Wildman–Crippen LogP) is 2.86. The van der Waals surface area contributed by atoms with Gasteiger partial charge in [-0.15, -0.1) is 11.8 Å². The summed E-state index contributed by atoms with van der Waals surface area (Å²) in [5.41, 5.74) is 0.656. The minimum Gasteiger partial charge on any atom is -0.334 e. The first kappa shape index (κ1) is 15.7. The van der Waals surface area contributed by atoms with Crippen LogP contribution in [0.1, 0.15) is 6.92 Å². The van der Waals surface area contributed by atoms with Gasteiger partial charge in [-0.05, 0) is 31.4 Å². The lowest BCUT2D eigenvalue weighted by Gasteiger charge is -2.14. The number of halogens is 1. The van der Waals surface area contributed by atoms with Crippen molar-refractivity contribution >= 4 is 35.1 Å². The number of benzene rings is 1. The Bertz CT molecular complexity index is 605. The number of aromatic nitrogens is 3. The highest BCUT2D eigenvalue weighted by Crippen LogP contribution is 2.27. The number of amides is 2. The number of nitrogens with one attached hydrogen (secondary N) is 2. The standard InChI is InChI=1S/C13H16ClN5OS/c1-9(6-19-8-15-7-16-19)17-13(20)18-10-3-4-12(21-2)11(14)5-10/h3-5,7-9H,6H2,1-2H3,(H2,17,18,20)/t9-/m1/s1. The van der Waals surface area contributed by atoms with Crippen LogP contribution in [0.25, 0.3) is 0 Å². The molecule has 8 heteroatoms. The molecule has 1 atom stereocenters. The van der Waals surface area contributed by atoms with Gasteiger partial charge < -0.3 is 10.6 Å². The van der Waals surface area contributed by atoms with E-state index in [9.17, 15) is 4.79 Å². The number of hydrogen-bond donors (Lipinski definition) is 2. The lowest BCUT2D eigenvalue weighted by molar-refractivity contribution is 0.247. The highest BCUT2D eigenvalue weighted by atomic mass is 35.5. The van der Waals surface area contributed by atoms with Crippen LogP contribution >= 0.6 is 23.4 Å². The Hall–Kier alpha value is -1.73. The number of carbonyl (C=O) groups is 1. The maximum absolute atomic E-state index is 11.9. The summed E-state index contributed by atoms with van der Waals surface area (Å²) < 4.78 is 1.66. The van der Waals surface area contributed by atoms with E-state index < -0.39 is 0 Å². The van der Waals surface area contributed by atoms with Gasteiger partial charge in [0.1, 0.15) is 12.7 Å². The number of anilines is 1. The summed E-state index contributed by atoms with van der Waals surface area (Å²) in [5, 5.41) is 10.2. The van der Waals surface area contributed by atoms with Crippen molar-refractivity contribution in [3.8, 4) is 0 Å². The van der Waals surface area contributed by atoms with Crippen LogP contribution in [0, 0.1) is 0 Å². The maximum atomic E-state index is 11.9. The number of urea groups is 1. The smallest absolute Gasteiger partial charge is 0.319 e. The molecule has 0 fully saturated rings. The van der Waals surface area contributed by atoms with E-state index in [-0.39, 0.29) is 12.1 Å². The van der Waals surface area contributed by atoms with E-state index in [2.05, 4.69) is 20.7 Å². The van der Waals surface area contributed by atoms with Crippen molar-refractivity contribution < 1.29 is 4.79 Å². The molecule has 1 aromatic carbocycles. The molecule has 0 spiro atoms. The number of hydrogen-bond acceptors (Lipinski definition) is 4. The van der Waals surface area contributed by atoms with Crippen molar-refractivity contribution in [2.75, 3.05) is 11.6 Å². The number of nitrogens with zero attached hydrogens (tertiary/aromatic N) is 3. The Morgan fingerprint density at radius 1 is 1.52 bits per heavy atom. The normalized spacial score (nSPS) is 12.0. The number of thioether (sulfide) groups is 1. The fourth-order valence-corrected chi connectivity index (χ4v) is 2.66. The lowest BCUT2D eigenvalue weighted by atomic mass is 10.3. The molecule has 112 valence electrons. The number of rotatable bonds is 5. The van der Waals surface area contributed by atoms with Crippen LogP contribution in [0.2, 0.25) is 5.02 Å². The molecule has 1 aromatic heterocycles. The second-order valence-corrected chi connectivity index (χ2v) is 5.72. The van der Waals surface area contributed by atoms with Gasteiger partial charge in [0, 0.05) is 16.6 Å². The van der Waals surface area contributed by atoms with Crippen molar-refractivity contribution in [2.24, 2.45) is 0 Å². The maximum Gasteiger partial charge on any atom is 0.319 e. The zero-order valence-electron chi connectivity index (χ0n) is 11.7. The summed E-state index contributed by atoms with van der Waals surface area (Å²) in [5.74, 6) is 0. The second-order valence-electron chi connectivity index (χ2n) is 4.47. The predicted molar refractivity (Wildman–Crippen MR) is 84.9 cm³/mol. The first-order valence-corrected chi connectivity index (χ1v) is 7.92. The fraction of sp³-hybridized carbons (Fsp3) is 0.308. The zero-order chi connectivity index (χ0) is 15.2. The van der Waals surface area contributed by atoms with Crippen LogP contribution in [0.3, 0.4) is 0 Å². The molecule has 6 nitrogen and oxygen atoms in total. The largest absolute Gasteiger partial charge is 0.334 e. The quantitative estimate of drug-likeness (QED) is 0.829. The fourth-order valence-electron chi connectivity index (χ4n) is 1.79. The molecule has 2 rings (SSSR count). The molecule has 0 bridgehead atoms. The molecule has 1 heterocycles. The minimum absolute atomic E-state index is 0.0763. The van der Waals surface area contributed by atoms with E-state index in [0.29, 0.717) is 17.3 Å². The molecule has 0 saturated carbocycles. The summed E-state index contributed by atoms with van der Waals surface area (Å²) in [6, 6.07) is 5.07. The van der Waals surface area contributed by atoms with Gasteiger partial charge in [-0.25, -0.2) is 9.78 Å². The molecule has 0 aliphatic carbocycles. The van der Waals surface area contributed by atoms with Gasteiger partial charge in [-0.3, -0.25) is 4.68 Å². The van der Waals surface area contributed by atoms with Crippen LogP contribution < -0.4 is 10.6 Å². The first-order valence-electron chi connectivity index (χ1n) is 6.32. The van der Waals surface area contributed by atoms with Crippen LogP contribution in [-0.2, 0) is 6.54 Å². The van der Waals surface area contributed by atoms with Crippen molar-refractivity contribution in [1.29, 1.82) is 0 Å². The first-order chi connectivity index (χ1) is 10.1. The van der Waals surface area contributed by atoms with Crippen molar-refractivity contribution in [3.63, 3.8) is 0 Å². The lowest BCUT2D eigenvalue weighted by Crippen LogP contribution is -2.38. The van der Waals surface area contributed by atoms with Crippen LogP contribution in [0.15, 0.2) is 35.7 Å². The molecular weight excluding hydrogens is 310 g/mol. The summed E-state index contributed by atoms with van der Waals surface area (Å²) in [4.78, 5) is 16.7. The van der Waals surface area contributed by atoms with Gasteiger partial charge in [-0.1, -0.05) is 11.6 Å². The molecule has 2 aromatic rings. The molecule has 0 radical (unpaired) electrons. The van der Waals surface area contributed by atoms with Gasteiger partial charge in [0.15, 0.2) is 0 Å². The summed E-state index contributed by atoms with van der Waals surface area (Å²) >= 11 is 7.66. The molecule has 21 heavy (non-hydrogen) atoms. The van der Waals surface area contributed by atoms with E-state index in [4.69, 9.17) is 11.6 Å². The Labute approximate surface area is 132 Å². The van der Waals surface area contributed by atoms with Gasteiger partial charge in [0.25, 0.3) is 0 Å². The average Bonchev–Trinajstić information content (AvgIpc) is 2.91. The van der Waals surface area contributed by atoms with Gasteiger partial charge >= 0.3 is 6.03 Å². The Balaban J connectivity index is 1.87. The van der Waals surface area contributed by atoms with Crippen LogP contribution in [-0.4, -0.2) is 33.1 Å². The molecular formula is C13H16ClN5OS. The van der Waals surface area contributed by atoms with E-state index in [1.807, 2.05) is 25.3 Å². The van der Waals surface area contributed by atoms with Gasteiger partial charge in [-0.2, -0.15) is 5.10 Å². The van der Waals surface area contributed by atoms with E-state index >= 15 is 0 Å². The monoisotopic (exact) mass is 325 g/mol. The summed E-state index contributed by atoms with van der Waals surface area (Å²) in [7, 11) is 0. The summed E-state index contributed by atoms with van der Waals surface area (Å²) in [6.07, 6.45) is 5.02. The third-order valence-electron chi connectivity index (χ3n) is 2.71. The van der Waals surface area contributed by atoms with Crippen molar-refractivity contribution in [1.82, 2.24) is 20.1 Å². The average molecular weight is 326 g/mol. The molecule has 0 aliphatic heterocycles. The van der Waals surface area contributed by atoms with Crippen molar-refractivity contribution in [3.05, 3.63) is 35.9 Å². The van der Waals surface area contributed by atoms with Crippen molar-refractivity contribution in [2.45, 2.75) is 24.4 Å². The Morgan fingerprint density at radius 2 is 2.33 bits per heavy atom. The third-order valence-corrected chi connectivity index (χ3v) is 3.94. The topological polar surface area (TPSA) is 71.8 Å². The summed E-state index contributed by atoms with van der Waals surface area (Å²) in [6.45, 7) is 2.45. The Kier molecular flexibility index (Phi) is 5.46. The van der Waals surface area contributed by atoms with E-state index in [1.165, 1.54) is 6.33 Å². The molecule has 0 saturated heterocycles. The van der Waals surface area contributed by atoms with Gasteiger partial charge in [0.05, 0.1) is 11.6 Å². The minimum atomic E-state index is -0.282. The van der Waals surface area contributed by atoms with E-state index in [0.717, 1.165) is 4.90 Å². The highest BCUT2D eigenvalue weighted by Gasteiger charge is 2.09. The molecule has 2 amide bonds. The highest BCUT2D eigenvalue weighted by molar-refractivity contribution is 7.98. The van der Waals surface area contributed by atoms with Crippen LogP contribution in [0.5, 0.6) is 0 Å². The molecule has 0 aliphatic rings. The zero-order valence-corrected chi connectivity index (χ0v) is 13.3. The van der Waals surface area contributed by atoms with E-state index in [1.54, 1.807) is 28.8 Å². The molecule has 2 N–H and O–H groups in total. The Morgan fingerprint density at radius 3 is 2.95 bits per heavy atom. The second kappa shape index (κ2) is 7.33. The van der Waals surface area contributed by atoms with Crippen LogP contribution in [0.4, 0.5) is 10.5 Å². The number of carbonyl (C=O) groups excluding carboxylic acids is 1. The third kappa shape index (κ3) is 4.64.